The summed E-state index contributed by atoms with van der Waals surface area (Å²) in [6.07, 6.45) is 0. The number of nitrogens with one attached hydrogen (secondary N) is 1. The second kappa shape index (κ2) is 6.36. The monoisotopic (exact) mass is 254 g/mol. The van der Waals surface area contributed by atoms with Gasteiger partial charge in [-0.2, -0.15) is 0 Å². The van der Waals surface area contributed by atoms with Gasteiger partial charge in [-0.15, -0.1) is 0 Å². The Balaban J connectivity index is 2.47. The van der Waals surface area contributed by atoms with E-state index in [-0.39, 0.29) is 5.54 Å². The van der Waals surface area contributed by atoms with E-state index in [4.69, 9.17) is 9.15 Å². The summed E-state index contributed by atoms with van der Waals surface area (Å²) in [6, 6.07) is 2.06. The van der Waals surface area contributed by atoms with Crippen molar-refractivity contribution >= 4 is 0 Å². The van der Waals surface area contributed by atoms with Gasteiger partial charge >= 0.3 is 0 Å². The van der Waals surface area contributed by atoms with Crippen LogP contribution in [0.3, 0.4) is 0 Å². The Hall–Kier alpha value is -0.840. The summed E-state index contributed by atoms with van der Waals surface area (Å²) in [6.45, 7) is 8.35. The highest BCUT2D eigenvalue weighted by molar-refractivity contribution is 5.20. The zero-order valence-corrected chi connectivity index (χ0v) is 12.5. The second-order valence-corrected chi connectivity index (χ2v) is 5.52. The molecule has 0 unspecified atom stereocenters. The van der Waals surface area contributed by atoms with E-state index in [2.05, 4.69) is 44.2 Å². The number of hydrogen-bond acceptors (Lipinski definition) is 4. The lowest BCUT2D eigenvalue weighted by Gasteiger charge is -2.31. The molecular weight excluding hydrogens is 228 g/mol. The second-order valence-electron chi connectivity index (χ2n) is 5.52. The predicted octanol–water partition coefficient (Wildman–Crippen LogP) is 2.16. The van der Waals surface area contributed by atoms with E-state index in [1.807, 2.05) is 14.0 Å². The van der Waals surface area contributed by atoms with Crippen molar-refractivity contribution in [3.63, 3.8) is 0 Å². The van der Waals surface area contributed by atoms with E-state index >= 15 is 0 Å². The van der Waals surface area contributed by atoms with Crippen molar-refractivity contribution in [3.8, 4) is 0 Å². The first-order valence-corrected chi connectivity index (χ1v) is 6.35. The number of rotatable bonds is 7. The summed E-state index contributed by atoms with van der Waals surface area (Å²) < 4.78 is 11.4. The molecule has 1 aromatic heterocycles. The van der Waals surface area contributed by atoms with Gasteiger partial charge in [0, 0.05) is 17.6 Å². The van der Waals surface area contributed by atoms with E-state index in [9.17, 15) is 0 Å². The van der Waals surface area contributed by atoms with Crippen LogP contribution in [0.4, 0.5) is 0 Å². The van der Waals surface area contributed by atoms with Gasteiger partial charge in [-0.05, 0) is 48.0 Å². The lowest BCUT2D eigenvalue weighted by molar-refractivity contribution is 0.0207. The average molecular weight is 254 g/mol. The van der Waals surface area contributed by atoms with Crippen LogP contribution in [0.1, 0.15) is 30.9 Å². The number of furan rings is 1. The molecule has 1 rings (SSSR count). The van der Waals surface area contributed by atoms with Crippen LogP contribution < -0.4 is 5.32 Å². The lowest BCUT2D eigenvalue weighted by Crippen LogP contribution is -2.42. The van der Waals surface area contributed by atoms with Crippen molar-refractivity contribution in [2.45, 2.75) is 39.5 Å². The Morgan fingerprint density at radius 1 is 1.39 bits per heavy atom. The molecule has 0 spiro atoms. The average Bonchev–Trinajstić information content (AvgIpc) is 2.59. The van der Waals surface area contributed by atoms with Gasteiger partial charge < -0.3 is 19.4 Å². The molecule has 0 atom stereocenters. The Morgan fingerprint density at radius 3 is 2.61 bits per heavy atom. The van der Waals surface area contributed by atoms with Crippen LogP contribution in [0.25, 0.3) is 0 Å². The summed E-state index contributed by atoms with van der Waals surface area (Å²) in [5.41, 5.74) is 1.23. The molecule has 0 bridgehead atoms. The summed E-state index contributed by atoms with van der Waals surface area (Å²) in [5, 5.41) is 3.13. The van der Waals surface area contributed by atoms with Gasteiger partial charge in [-0.25, -0.2) is 0 Å². The summed E-state index contributed by atoms with van der Waals surface area (Å²) in [5.74, 6) is 1.86. The van der Waals surface area contributed by atoms with Crippen molar-refractivity contribution < 1.29 is 9.15 Å². The zero-order valence-electron chi connectivity index (χ0n) is 12.5. The molecule has 1 N–H and O–H groups in total. The number of aryl methyl sites for hydroxylation is 1. The van der Waals surface area contributed by atoms with Gasteiger partial charge in [0.25, 0.3) is 0 Å². The number of hydrogen-bond donors (Lipinski definition) is 1. The van der Waals surface area contributed by atoms with Crippen LogP contribution in [0.15, 0.2) is 10.5 Å². The summed E-state index contributed by atoms with van der Waals surface area (Å²) >= 11 is 0. The quantitative estimate of drug-likeness (QED) is 0.809. The highest BCUT2D eigenvalue weighted by atomic mass is 16.5. The fourth-order valence-electron chi connectivity index (χ4n) is 1.56. The molecule has 1 aromatic rings. The number of nitrogens with zero attached hydrogens (tertiary/aromatic N) is 1. The first-order valence-electron chi connectivity index (χ1n) is 6.35. The molecule has 0 radical (unpaired) electrons. The molecule has 0 amide bonds. The van der Waals surface area contributed by atoms with E-state index in [0.29, 0.717) is 13.2 Å². The SMILES string of the molecule is CNCc1cc(COCC(C)(C)N(C)C)oc1C. The van der Waals surface area contributed by atoms with Gasteiger partial charge in [0.1, 0.15) is 18.1 Å². The van der Waals surface area contributed by atoms with Gasteiger partial charge in [0.2, 0.25) is 0 Å². The maximum atomic E-state index is 5.74. The molecule has 0 aliphatic heterocycles. The van der Waals surface area contributed by atoms with Crippen LogP contribution in [0, 0.1) is 6.92 Å². The first kappa shape index (κ1) is 15.2. The molecule has 0 saturated heterocycles. The fraction of sp³-hybridized carbons (Fsp3) is 0.714. The molecule has 4 nitrogen and oxygen atoms in total. The highest BCUT2D eigenvalue weighted by Crippen LogP contribution is 2.17. The third kappa shape index (κ3) is 4.12. The van der Waals surface area contributed by atoms with Gasteiger partial charge in [0.05, 0.1) is 6.61 Å². The summed E-state index contributed by atoms with van der Waals surface area (Å²) in [4.78, 5) is 2.16. The third-order valence-corrected chi connectivity index (χ3v) is 3.35. The number of likely N-dealkylation sites (N-methyl/N-ethyl adjacent to an activating group) is 1. The Kier molecular flexibility index (Phi) is 5.38. The molecule has 18 heavy (non-hydrogen) atoms. The van der Waals surface area contributed by atoms with Crippen molar-refractivity contribution in [2.24, 2.45) is 0 Å². The minimum absolute atomic E-state index is 0.0371. The van der Waals surface area contributed by atoms with Crippen LogP contribution in [0.5, 0.6) is 0 Å². The van der Waals surface area contributed by atoms with E-state index in [1.165, 1.54) is 5.56 Å². The van der Waals surface area contributed by atoms with E-state index in [1.54, 1.807) is 0 Å². The standard InChI is InChI=1S/C14H26N2O2/c1-11-12(8-15-4)7-13(18-11)9-17-10-14(2,3)16(5)6/h7,15H,8-10H2,1-6H3. The molecule has 0 fully saturated rings. The van der Waals surface area contributed by atoms with Crippen LogP contribution in [-0.2, 0) is 17.9 Å². The maximum absolute atomic E-state index is 5.74. The lowest BCUT2D eigenvalue weighted by atomic mass is 10.1. The molecule has 0 aromatic carbocycles. The van der Waals surface area contributed by atoms with Crippen LogP contribution >= 0.6 is 0 Å². The van der Waals surface area contributed by atoms with Crippen LogP contribution in [0.2, 0.25) is 0 Å². The minimum Gasteiger partial charge on any atom is -0.464 e. The van der Waals surface area contributed by atoms with Gasteiger partial charge in [-0.1, -0.05) is 0 Å². The Morgan fingerprint density at radius 2 is 2.06 bits per heavy atom. The topological polar surface area (TPSA) is 37.6 Å². The van der Waals surface area contributed by atoms with Gasteiger partial charge in [-0.3, -0.25) is 0 Å². The fourth-order valence-corrected chi connectivity index (χ4v) is 1.56. The smallest absolute Gasteiger partial charge is 0.130 e. The molecule has 0 saturated carbocycles. The Bertz CT molecular complexity index is 370. The third-order valence-electron chi connectivity index (χ3n) is 3.35. The molecule has 1 heterocycles. The van der Waals surface area contributed by atoms with Crippen LogP contribution in [-0.4, -0.2) is 38.2 Å². The molecule has 0 aliphatic carbocycles. The zero-order chi connectivity index (χ0) is 13.8. The summed E-state index contributed by atoms with van der Waals surface area (Å²) in [7, 11) is 6.05. The van der Waals surface area contributed by atoms with E-state index < -0.39 is 0 Å². The predicted molar refractivity (Wildman–Crippen MR) is 73.6 cm³/mol. The van der Waals surface area contributed by atoms with Crippen molar-refractivity contribution in [2.75, 3.05) is 27.7 Å². The number of ether oxygens (including phenoxy) is 1. The maximum Gasteiger partial charge on any atom is 0.130 e. The highest BCUT2D eigenvalue weighted by Gasteiger charge is 2.20. The van der Waals surface area contributed by atoms with E-state index in [0.717, 1.165) is 18.1 Å². The van der Waals surface area contributed by atoms with Gasteiger partial charge in [0.15, 0.2) is 0 Å². The normalized spacial score (nSPS) is 12.4. The minimum atomic E-state index is 0.0371. The largest absolute Gasteiger partial charge is 0.464 e. The molecular formula is C14H26N2O2. The van der Waals surface area contributed by atoms with Crippen molar-refractivity contribution in [3.05, 3.63) is 23.2 Å². The molecule has 4 heteroatoms. The molecule has 0 aliphatic rings. The van der Waals surface area contributed by atoms with Crippen molar-refractivity contribution in [1.29, 1.82) is 0 Å². The Labute approximate surface area is 110 Å². The van der Waals surface area contributed by atoms with Crippen molar-refractivity contribution in [1.82, 2.24) is 10.2 Å². The first-order chi connectivity index (χ1) is 8.36. The molecule has 104 valence electrons.